The third-order valence-corrected chi connectivity index (χ3v) is 3.57. The van der Waals surface area contributed by atoms with Crippen molar-refractivity contribution < 1.29 is 14.3 Å². The minimum absolute atomic E-state index is 0.188. The second kappa shape index (κ2) is 8.78. The molecule has 0 saturated carbocycles. The summed E-state index contributed by atoms with van der Waals surface area (Å²) in [5.74, 6) is 0.520. The molecule has 0 unspecified atom stereocenters. The number of nitrogens with zero attached hydrogens (tertiary/aromatic N) is 1. The SMILES string of the molecule is COc1c(Cl)cc(Cl)cc1/C=N\NC(=O)COc1ccc(Cl)cc1. The third-order valence-electron chi connectivity index (χ3n) is 2.82. The maximum absolute atomic E-state index is 11.7. The van der Waals surface area contributed by atoms with E-state index in [0.717, 1.165) is 0 Å². The fourth-order valence-electron chi connectivity index (χ4n) is 1.78. The molecule has 1 amide bonds. The van der Waals surface area contributed by atoms with Crippen LogP contribution in [0.15, 0.2) is 41.5 Å². The molecular weight excluding hydrogens is 375 g/mol. The van der Waals surface area contributed by atoms with Crippen LogP contribution in [0.1, 0.15) is 5.56 Å². The number of amides is 1. The fraction of sp³-hybridized carbons (Fsp3) is 0.125. The lowest BCUT2D eigenvalue weighted by Gasteiger charge is -2.07. The minimum Gasteiger partial charge on any atom is -0.495 e. The number of ether oxygens (including phenoxy) is 2. The summed E-state index contributed by atoms with van der Waals surface area (Å²) in [6.45, 7) is -0.188. The molecule has 0 aliphatic heterocycles. The van der Waals surface area contributed by atoms with Crippen molar-refractivity contribution in [1.82, 2.24) is 5.43 Å². The van der Waals surface area contributed by atoms with Crippen LogP contribution in [-0.4, -0.2) is 25.8 Å². The summed E-state index contributed by atoms with van der Waals surface area (Å²) >= 11 is 17.7. The van der Waals surface area contributed by atoms with Crippen molar-refractivity contribution in [2.75, 3.05) is 13.7 Å². The van der Waals surface area contributed by atoms with Gasteiger partial charge in [-0.2, -0.15) is 5.10 Å². The van der Waals surface area contributed by atoms with Crippen molar-refractivity contribution in [2.45, 2.75) is 0 Å². The van der Waals surface area contributed by atoms with E-state index in [1.54, 1.807) is 36.4 Å². The Labute approximate surface area is 154 Å². The maximum atomic E-state index is 11.7. The molecule has 0 spiro atoms. The van der Waals surface area contributed by atoms with Crippen LogP contribution < -0.4 is 14.9 Å². The monoisotopic (exact) mass is 386 g/mol. The molecule has 0 radical (unpaired) electrons. The van der Waals surface area contributed by atoms with E-state index in [1.165, 1.54) is 13.3 Å². The Balaban J connectivity index is 1.91. The number of rotatable bonds is 6. The van der Waals surface area contributed by atoms with E-state index in [-0.39, 0.29) is 6.61 Å². The van der Waals surface area contributed by atoms with Crippen molar-refractivity contribution in [1.29, 1.82) is 0 Å². The number of hydrogen-bond acceptors (Lipinski definition) is 4. The Bertz CT molecular complexity index is 749. The van der Waals surface area contributed by atoms with Gasteiger partial charge in [-0.15, -0.1) is 0 Å². The van der Waals surface area contributed by atoms with Gasteiger partial charge in [0.1, 0.15) is 11.5 Å². The predicted octanol–water partition coefficient (Wildman–Crippen LogP) is 4.18. The topological polar surface area (TPSA) is 59.9 Å². The van der Waals surface area contributed by atoms with E-state index in [9.17, 15) is 4.79 Å². The number of hydrogen-bond donors (Lipinski definition) is 1. The fourth-order valence-corrected chi connectivity index (χ4v) is 2.49. The average Bonchev–Trinajstić information content (AvgIpc) is 2.54. The first kappa shape index (κ1) is 18.4. The number of hydrazone groups is 1. The highest BCUT2D eigenvalue weighted by atomic mass is 35.5. The van der Waals surface area contributed by atoms with Gasteiger partial charge in [-0.3, -0.25) is 4.79 Å². The number of benzene rings is 2. The second-order valence-corrected chi connectivity index (χ2v) is 5.83. The molecule has 8 heteroatoms. The summed E-state index contributed by atoms with van der Waals surface area (Å²) < 4.78 is 10.5. The number of carbonyl (C=O) groups excluding carboxylic acids is 1. The number of methoxy groups -OCH3 is 1. The first-order chi connectivity index (χ1) is 11.5. The van der Waals surface area contributed by atoms with Gasteiger partial charge in [0.25, 0.3) is 5.91 Å². The first-order valence-electron chi connectivity index (χ1n) is 6.73. The van der Waals surface area contributed by atoms with Crippen molar-refractivity contribution >= 4 is 46.9 Å². The second-order valence-electron chi connectivity index (χ2n) is 4.55. The highest BCUT2D eigenvalue weighted by molar-refractivity contribution is 6.36. The first-order valence-corrected chi connectivity index (χ1v) is 7.86. The van der Waals surface area contributed by atoms with Crippen LogP contribution in [0.5, 0.6) is 11.5 Å². The molecule has 0 aliphatic carbocycles. The lowest BCUT2D eigenvalue weighted by molar-refractivity contribution is -0.123. The van der Waals surface area contributed by atoms with Gasteiger partial charge in [-0.1, -0.05) is 34.8 Å². The van der Waals surface area contributed by atoms with E-state index in [0.29, 0.717) is 32.1 Å². The maximum Gasteiger partial charge on any atom is 0.277 e. The van der Waals surface area contributed by atoms with E-state index >= 15 is 0 Å². The third kappa shape index (κ3) is 5.30. The molecule has 5 nitrogen and oxygen atoms in total. The Kier molecular flexibility index (Phi) is 6.73. The van der Waals surface area contributed by atoms with Gasteiger partial charge in [0.05, 0.1) is 18.3 Å². The predicted molar refractivity (Wildman–Crippen MR) is 95.7 cm³/mol. The molecule has 2 rings (SSSR count). The summed E-state index contributed by atoms with van der Waals surface area (Å²) in [5.41, 5.74) is 2.88. The zero-order valence-corrected chi connectivity index (χ0v) is 14.8. The largest absolute Gasteiger partial charge is 0.495 e. The molecule has 0 bridgehead atoms. The van der Waals surface area contributed by atoms with Gasteiger partial charge < -0.3 is 9.47 Å². The van der Waals surface area contributed by atoms with Crippen molar-refractivity contribution in [3.8, 4) is 11.5 Å². The van der Waals surface area contributed by atoms with Crippen LogP contribution in [0.3, 0.4) is 0 Å². The van der Waals surface area contributed by atoms with Crippen LogP contribution in [-0.2, 0) is 4.79 Å². The standard InChI is InChI=1S/C16H13Cl3N2O3/c1-23-16-10(6-12(18)7-14(16)19)8-20-21-15(22)9-24-13-4-2-11(17)3-5-13/h2-8H,9H2,1H3,(H,21,22)/b20-8-. The van der Waals surface area contributed by atoms with Gasteiger partial charge >= 0.3 is 0 Å². The molecule has 0 atom stereocenters. The molecule has 24 heavy (non-hydrogen) atoms. The van der Waals surface area contributed by atoms with Crippen molar-refractivity contribution in [3.05, 3.63) is 57.0 Å². The summed E-state index contributed by atoms with van der Waals surface area (Å²) in [6.07, 6.45) is 1.39. The molecule has 0 aliphatic rings. The smallest absolute Gasteiger partial charge is 0.277 e. The molecule has 2 aromatic carbocycles. The van der Waals surface area contributed by atoms with E-state index in [4.69, 9.17) is 44.3 Å². The number of nitrogens with one attached hydrogen (secondary N) is 1. The molecule has 0 heterocycles. The zero-order chi connectivity index (χ0) is 17.5. The summed E-state index contributed by atoms with van der Waals surface area (Å²) in [5, 5.41) is 5.21. The molecule has 2 aromatic rings. The Morgan fingerprint density at radius 3 is 2.54 bits per heavy atom. The molecule has 0 aromatic heterocycles. The van der Waals surface area contributed by atoms with Gasteiger partial charge in [-0.25, -0.2) is 5.43 Å². The van der Waals surface area contributed by atoms with E-state index in [2.05, 4.69) is 10.5 Å². The molecule has 0 fully saturated rings. The quantitative estimate of drug-likeness (QED) is 0.597. The lowest BCUT2D eigenvalue weighted by Crippen LogP contribution is -2.24. The molecule has 1 N–H and O–H groups in total. The number of carbonyl (C=O) groups is 1. The zero-order valence-electron chi connectivity index (χ0n) is 12.6. The summed E-state index contributed by atoms with van der Waals surface area (Å²) in [4.78, 5) is 11.7. The molecule has 0 saturated heterocycles. The highest BCUT2D eigenvalue weighted by Gasteiger charge is 2.08. The number of halogens is 3. The molecule has 126 valence electrons. The lowest BCUT2D eigenvalue weighted by atomic mass is 10.2. The summed E-state index contributed by atoms with van der Waals surface area (Å²) in [6, 6.07) is 9.84. The normalized spacial score (nSPS) is 10.7. The average molecular weight is 388 g/mol. The van der Waals surface area contributed by atoms with Crippen LogP contribution >= 0.6 is 34.8 Å². The van der Waals surface area contributed by atoms with Gasteiger partial charge in [-0.05, 0) is 36.4 Å². The van der Waals surface area contributed by atoms with Crippen LogP contribution in [0, 0.1) is 0 Å². The van der Waals surface area contributed by atoms with E-state index < -0.39 is 5.91 Å². The van der Waals surface area contributed by atoms with Crippen LogP contribution in [0.4, 0.5) is 0 Å². The van der Waals surface area contributed by atoms with Crippen molar-refractivity contribution in [2.24, 2.45) is 5.10 Å². The van der Waals surface area contributed by atoms with Crippen molar-refractivity contribution in [3.63, 3.8) is 0 Å². The Hall–Kier alpha value is -1.95. The highest BCUT2D eigenvalue weighted by Crippen LogP contribution is 2.31. The van der Waals surface area contributed by atoms with Gasteiger partial charge in [0.15, 0.2) is 6.61 Å². The van der Waals surface area contributed by atoms with Gasteiger partial charge in [0, 0.05) is 15.6 Å². The van der Waals surface area contributed by atoms with Gasteiger partial charge in [0.2, 0.25) is 0 Å². The van der Waals surface area contributed by atoms with Crippen LogP contribution in [0.2, 0.25) is 15.1 Å². The van der Waals surface area contributed by atoms with E-state index in [1.807, 2.05) is 0 Å². The Morgan fingerprint density at radius 2 is 1.88 bits per heavy atom. The van der Waals surface area contributed by atoms with Crippen LogP contribution in [0.25, 0.3) is 0 Å². The summed E-state index contributed by atoms with van der Waals surface area (Å²) in [7, 11) is 1.48. The molecular formula is C16H13Cl3N2O3. The minimum atomic E-state index is -0.423. The Morgan fingerprint density at radius 1 is 1.17 bits per heavy atom.